The first-order valence-electron chi connectivity index (χ1n) is 8.08. The van der Waals surface area contributed by atoms with Crippen molar-refractivity contribution in [2.75, 3.05) is 18.1 Å². The number of nitrogens with zero attached hydrogens (tertiary/aromatic N) is 1. The number of rotatable bonds is 6. The van der Waals surface area contributed by atoms with Gasteiger partial charge >= 0.3 is 29.6 Å². The zero-order chi connectivity index (χ0) is 17.0. The molecule has 2 aromatic rings. The average Bonchev–Trinajstić information content (AvgIpc) is 2.71. The smallest absolute Gasteiger partial charge is 0.726 e. The normalized spacial score (nSPS) is 13.4. The van der Waals surface area contributed by atoms with Crippen molar-refractivity contribution in [1.82, 2.24) is 0 Å². The third-order valence-electron chi connectivity index (χ3n) is 4.23. The first-order chi connectivity index (χ1) is 11.5. The number of aryl methyl sites for hydroxylation is 2. The molecule has 25 heavy (non-hydrogen) atoms. The Balaban J connectivity index is 0.00000225. The van der Waals surface area contributed by atoms with Crippen molar-refractivity contribution in [3.05, 3.63) is 59.7 Å². The van der Waals surface area contributed by atoms with Gasteiger partial charge in [0.05, 0.1) is 6.61 Å². The van der Waals surface area contributed by atoms with E-state index in [9.17, 15) is 13.0 Å². The number of fused-ring (bicyclic) bond motifs is 2. The van der Waals surface area contributed by atoms with Crippen LogP contribution in [-0.2, 0) is 27.4 Å². The van der Waals surface area contributed by atoms with E-state index in [0.717, 1.165) is 25.8 Å². The molecule has 1 heterocycles. The number of hydrogen-bond acceptors (Lipinski definition) is 5. The summed E-state index contributed by atoms with van der Waals surface area (Å²) >= 11 is 0. The van der Waals surface area contributed by atoms with Gasteiger partial charge in [-0.3, -0.25) is 4.18 Å². The molecule has 7 heteroatoms. The number of benzene rings is 2. The van der Waals surface area contributed by atoms with Gasteiger partial charge in [0.25, 0.3) is 0 Å². The summed E-state index contributed by atoms with van der Waals surface area (Å²) in [6.07, 6.45) is 3.25. The summed E-state index contributed by atoms with van der Waals surface area (Å²) in [4.78, 5) is 2.28. The summed E-state index contributed by atoms with van der Waals surface area (Å²) in [5, 5.41) is 0. The summed E-state index contributed by atoms with van der Waals surface area (Å²) in [5.74, 6) is 0. The van der Waals surface area contributed by atoms with Crippen molar-refractivity contribution in [3.8, 4) is 0 Å². The van der Waals surface area contributed by atoms with Crippen LogP contribution in [0.2, 0.25) is 0 Å². The Kier molecular flexibility index (Phi) is 7.49. The molecule has 2 aromatic carbocycles. The molecule has 0 aromatic heterocycles. The number of para-hydroxylation sites is 2. The molecule has 0 radical (unpaired) electrons. The van der Waals surface area contributed by atoms with Crippen molar-refractivity contribution in [3.63, 3.8) is 0 Å². The van der Waals surface area contributed by atoms with Crippen LogP contribution in [0, 0.1) is 0 Å². The van der Waals surface area contributed by atoms with E-state index in [2.05, 4.69) is 45.5 Å². The third kappa shape index (κ3) is 5.54. The molecule has 0 atom stereocenters. The van der Waals surface area contributed by atoms with Crippen LogP contribution in [0.25, 0.3) is 0 Å². The van der Waals surface area contributed by atoms with Gasteiger partial charge in [-0.05, 0) is 48.9 Å². The fourth-order valence-corrected chi connectivity index (χ4v) is 3.47. The van der Waals surface area contributed by atoms with Gasteiger partial charge in [-0.2, -0.15) is 0 Å². The van der Waals surface area contributed by atoms with Crippen LogP contribution in [-0.4, -0.2) is 26.1 Å². The molecule has 0 spiro atoms. The maximum Gasteiger partial charge on any atom is 1.00 e. The second kappa shape index (κ2) is 9.16. The van der Waals surface area contributed by atoms with Crippen molar-refractivity contribution in [1.29, 1.82) is 0 Å². The maximum absolute atomic E-state index is 10.5. The Morgan fingerprint density at radius 2 is 1.44 bits per heavy atom. The molecule has 0 amide bonds. The molecule has 0 saturated heterocycles. The molecular weight excluding hydrogens is 349 g/mol. The quantitative estimate of drug-likeness (QED) is 0.315. The van der Waals surface area contributed by atoms with Gasteiger partial charge in [0.2, 0.25) is 10.4 Å². The summed E-state index contributed by atoms with van der Waals surface area (Å²) in [6.45, 7) is 0.680. The van der Waals surface area contributed by atoms with Crippen LogP contribution in [0.1, 0.15) is 24.0 Å². The van der Waals surface area contributed by atoms with Gasteiger partial charge in [-0.1, -0.05) is 36.4 Å². The van der Waals surface area contributed by atoms with E-state index >= 15 is 0 Å². The number of anilines is 2. The van der Waals surface area contributed by atoms with Crippen LogP contribution in [0.15, 0.2) is 48.5 Å². The van der Waals surface area contributed by atoms with Crippen LogP contribution in [0.3, 0.4) is 0 Å². The molecule has 1 aliphatic heterocycles. The summed E-state index contributed by atoms with van der Waals surface area (Å²) in [7, 11) is -4.60. The number of unbranched alkanes of at least 4 members (excludes halogenated alkanes) is 1. The molecule has 0 N–H and O–H groups in total. The van der Waals surface area contributed by atoms with E-state index < -0.39 is 10.4 Å². The second-order valence-electron chi connectivity index (χ2n) is 5.85. The Morgan fingerprint density at radius 3 is 1.96 bits per heavy atom. The summed E-state index contributed by atoms with van der Waals surface area (Å²) in [5.41, 5.74) is 5.01. The predicted molar refractivity (Wildman–Crippen MR) is 92.2 cm³/mol. The van der Waals surface area contributed by atoms with Crippen LogP contribution >= 0.6 is 0 Å². The maximum atomic E-state index is 10.5. The number of hydrogen-bond donors (Lipinski definition) is 0. The van der Waals surface area contributed by atoms with E-state index in [1.54, 1.807) is 0 Å². The van der Waals surface area contributed by atoms with E-state index in [4.69, 9.17) is 0 Å². The molecule has 1 aliphatic rings. The fraction of sp³-hybridized carbons (Fsp3) is 0.333. The molecule has 0 fully saturated rings. The minimum Gasteiger partial charge on any atom is -0.726 e. The Bertz CT molecular complexity index is 763. The van der Waals surface area contributed by atoms with Crippen molar-refractivity contribution >= 4 is 21.8 Å². The zero-order valence-corrected chi connectivity index (χ0v) is 17.2. The van der Waals surface area contributed by atoms with Gasteiger partial charge in [0.15, 0.2) is 0 Å². The topological polar surface area (TPSA) is 69.7 Å². The van der Waals surface area contributed by atoms with Crippen LogP contribution in [0.4, 0.5) is 11.4 Å². The monoisotopic (exact) mass is 369 g/mol. The third-order valence-corrected chi connectivity index (χ3v) is 4.69. The minimum absolute atomic E-state index is 0. The van der Waals surface area contributed by atoms with Crippen molar-refractivity contribution < 1.29 is 46.7 Å². The first kappa shape index (κ1) is 20.4. The Hall–Kier alpha value is -0.890. The molecule has 128 valence electrons. The summed E-state index contributed by atoms with van der Waals surface area (Å²) in [6, 6.07) is 16.7. The van der Waals surface area contributed by atoms with Gasteiger partial charge in [0.1, 0.15) is 0 Å². The first-order valence-corrected chi connectivity index (χ1v) is 9.41. The van der Waals surface area contributed by atoms with E-state index in [-0.39, 0.29) is 36.2 Å². The van der Waals surface area contributed by atoms with Crippen LogP contribution in [0.5, 0.6) is 0 Å². The molecular formula is C18H20NNaO4S. The standard InChI is InChI=1S/C18H21NO4S.Na/c20-24(21,22)23-14-6-5-13-19-17-9-3-1-7-15(17)11-12-16-8-2-4-10-18(16)19;/h1-4,7-10H,5-6,11-14H2,(H,20,21,22);/q;+1/p-1. The van der Waals surface area contributed by atoms with Gasteiger partial charge in [0, 0.05) is 17.9 Å². The Morgan fingerprint density at radius 1 is 0.920 bits per heavy atom. The zero-order valence-electron chi connectivity index (χ0n) is 14.3. The summed E-state index contributed by atoms with van der Waals surface area (Å²) < 4.78 is 35.7. The predicted octanol–water partition coefficient (Wildman–Crippen LogP) is 0.184. The fourth-order valence-electron chi connectivity index (χ4n) is 3.14. The Labute approximate surface area is 171 Å². The van der Waals surface area contributed by atoms with Gasteiger partial charge < -0.3 is 9.45 Å². The van der Waals surface area contributed by atoms with Crippen molar-refractivity contribution in [2.24, 2.45) is 0 Å². The molecule has 0 unspecified atom stereocenters. The average molecular weight is 369 g/mol. The molecule has 0 aliphatic carbocycles. The SMILES string of the molecule is O=S(=O)([O-])OCCCCN1c2ccccc2CCc2ccccc21.[Na+]. The largest absolute Gasteiger partial charge is 1.00 e. The molecule has 0 saturated carbocycles. The van der Waals surface area contributed by atoms with E-state index in [0.29, 0.717) is 6.42 Å². The van der Waals surface area contributed by atoms with Crippen LogP contribution < -0.4 is 34.5 Å². The molecule has 3 rings (SSSR count). The molecule has 0 bridgehead atoms. The van der Waals surface area contributed by atoms with Gasteiger partial charge in [-0.25, -0.2) is 8.42 Å². The van der Waals surface area contributed by atoms with Crippen molar-refractivity contribution in [2.45, 2.75) is 25.7 Å². The van der Waals surface area contributed by atoms with E-state index in [1.165, 1.54) is 22.5 Å². The molecule has 5 nitrogen and oxygen atoms in total. The van der Waals surface area contributed by atoms with Gasteiger partial charge in [-0.15, -0.1) is 0 Å². The minimum atomic E-state index is -4.60. The second-order valence-corrected chi connectivity index (χ2v) is 6.90. The van der Waals surface area contributed by atoms with E-state index in [1.807, 2.05) is 12.1 Å².